The van der Waals surface area contributed by atoms with Crippen LogP contribution in [0.1, 0.15) is 21.1 Å². The Morgan fingerprint density at radius 2 is 2.28 bits per heavy atom. The molecule has 0 saturated heterocycles. The Kier molecular flexibility index (Phi) is 3.84. The van der Waals surface area contributed by atoms with Crippen molar-refractivity contribution >= 4 is 34.6 Å². The van der Waals surface area contributed by atoms with Gasteiger partial charge in [-0.25, -0.2) is 9.78 Å². The van der Waals surface area contributed by atoms with Crippen LogP contribution in [0.5, 0.6) is 0 Å². The van der Waals surface area contributed by atoms with Gasteiger partial charge in [0.2, 0.25) is 0 Å². The van der Waals surface area contributed by atoms with Crippen LogP contribution in [0.2, 0.25) is 5.02 Å². The zero-order valence-corrected chi connectivity index (χ0v) is 11.2. The number of benzene rings is 1. The zero-order valence-electron chi connectivity index (χ0n) is 9.64. The number of nitrogens with two attached hydrogens (primary N) is 1. The number of anilines is 1. The summed E-state index contributed by atoms with van der Waals surface area (Å²) in [7, 11) is 0. The van der Waals surface area contributed by atoms with E-state index in [-0.39, 0.29) is 6.61 Å². The zero-order chi connectivity index (χ0) is 13.1. The number of halogens is 1. The van der Waals surface area contributed by atoms with E-state index >= 15 is 0 Å². The number of carbonyl (C=O) groups excluding carboxylic acids is 1. The number of esters is 1. The van der Waals surface area contributed by atoms with Gasteiger partial charge in [0.25, 0.3) is 0 Å². The Bertz CT molecular complexity index is 563. The third kappa shape index (κ3) is 3.21. The summed E-state index contributed by atoms with van der Waals surface area (Å²) in [5.41, 5.74) is 7.29. The van der Waals surface area contributed by atoms with E-state index in [9.17, 15) is 4.79 Å². The Hall–Kier alpha value is -1.59. The molecule has 2 aromatic rings. The van der Waals surface area contributed by atoms with E-state index in [1.165, 1.54) is 23.5 Å². The smallest absolute Gasteiger partial charge is 0.338 e. The molecule has 0 atom stereocenters. The normalized spacial score (nSPS) is 10.3. The van der Waals surface area contributed by atoms with Gasteiger partial charge in [-0.2, -0.15) is 0 Å². The first kappa shape index (κ1) is 12.9. The highest BCUT2D eigenvalue weighted by Gasteiger charge is 2.10. The first-order valence-electron chi connectivity index (χ1n) is 5.19. The number of nitrogen functional groups attached to an aromatic ring is 1. The van der Waals surface area contributed by atoms with Gasteiger partial charge in [0.1, 0.15) is 11.6 Å². The van der Waals surface area contributed by atoms with Crippen molar-refractivity contribution in [3.8, 4) is 0 Å². The molecule has 1 aromatic carbocycles. The molecule has 0 saturated carbocycles. The van der Waals surface area contributed by atoms with Gasteiger partial charge >= 0.3 is 5.97 Å². The van der Waals surface area contributed by atoms with E-state index in [0.29, 0.717) is 16.3 Å². The minimum absolute atomic E-state index is 0.157. The molecule has 0 aliphatic heterocycles. The van der Waals surface area contributed by atoms with Gasteiger partial charge in [-0.15, -0.1) is 11.3 Å². The molecule has 2 rings (SSSR count). The molecular formula is C12H11ClN2O2S. The number of ether oxygens (including phenoxy) is 1. The lowest BCUT2D eigenvalue weighted by Crippen LogP contribution is -2.05. The van der Waals surface area contributed by atoms with Crippen LogP contribution in [0.3, 0.4) is 0 Å². The topological polar surface area (TPSA) is 65.2 Å². The second-order valence-corrected chi connectivity index (χ2v) is 5.11. The van der Waals surface area contributed by atoms with Gasteiger partial charge in [0.15, 0.2) is 0 Å². The lowest BCUT2D eigenvalue weighted by atomic mass is 10.2. The monoisotopic (exact) mass is 282 g/mol. The Morgan fingerprint density at radius 3 is 2.89 bits per heavy atom. The molecule has 0 fully saturated rings. The number of carbonyl (C=O) groups is 1. The fourth-order valence-electron chi connectivity index (χ4n) is 1.41. The molecular weight excluding hydrogens is 272 g/mol. The molecule has 1 aromatic heterocycles. The van der Waals surface area contributed by atoms with Crippen LogP contribution in [-0.4, -0.2) is 11.0 Å². The van der Waals surface area contributed by atoms with E-state index in [0.717, 1.165) is 10.7 Å². The molecule has 0 aliphatic rings. The van der Waals surface area contributed by atoms with Crippen LogP contribution < -0.4 is 5.73 Å². The van der Waals surface area contributed by atoms with Crippen molar-refractivity contribution in [2.24, 2.45) is 0 Å². The molecule has 0 radical (unpaired) electrons. The van der Waals surface area contributed by atoms with E-state index in [2.05, 4.69) is 4.98 Å². The molecule has 0 unspecified atom stereocenters. The van der Waals surface area contributed by atoms with Gasteiger partial charge < -0.3 is 10.5 Å². The van der Waals surface area contributed by atoms with Crippen LogP contribution in [0, 0.1) is 6.92 Å². The number of hydrogen-bond donors (Lipinski definition) is 1. The number of aromatic nitrogens is 1. The minimum atomic E-state index is -0.461. The maximum Gasteiger partial charge on any atom is 0.338 e. The first-order chi connectivity index (χ1) is 8.54. The fraction of sp³-hybridized carbons (Fsp3) is 0.167. The standard InChI is InChI=1S/C12H11ClN2O2S/c1-7-6-18-11(15-7)5-17-12(16)8-2-9(13)4-10(14)3-8/h2-4,6H,5,14H2,1H3. The highest BCUT2D eigenvalue weighted by molar-refractivity contribution is 7.09. The number of rotatable bonds is 3. The third-order valence-electron chi connectivity index (χ3n) is 2.15. The van der Waals surface area contributed by atoms with Crippen molar-refractivity contribution in [3.05, 3.63) is 44.9 Å². The SMILES string of the molecule is Cc1csc(COC(=O)c2cc(N)cc(Cl)c2)n1. The molecule has 1 heterocycles. The Morgan fingerprint density at radius 1 is 1.50 bits per heavy atom. The molecule has 0 amide bonds. The summed E-state index contributed by atoms with van der Waals surface area (Å²) >= 11 is 7.27. The first-order valence-corrected chi connectivity index (χ1v) is 6.44. The second-order valence-electron chi connectivity index (χ2n) is 3.73. The third-order valence-corrected chi connectivity index (χ3v) is 3.31. The minimum Gasteiger partial charge on any atom is -0.455 e. The summed E-state index contributed by atoms with van der Waals surface area (Å²) in [6.45, 7) is 2.04. The van der Waals surface area contributed by atoms with E-state index in [1.807, 2.05) is 12.3 Å². The van der Waals surface area contributed by atoms with Crippen molar-refractivity contribution in [1.82, 2.24) is 4.98 Å². The lowest BCUT2D eigenvalue weighted by molar-refractivity contribution is 0.0472. The van der Waals surface area contributed by atoms with Crippen LogP contribution in [0.15, 0.2) is 23.6 Å². The molecule has 0 aliphatic carbocycles. The molecule has 0 spiro atoms. The molecule has 2 N–H and O–H groups in total. The van der Waals surface area contributed by atoms with Gasteiger partial charge in [-0.1, -0.05) is 11.6 Å². The maximum absolute atomic E-state index is 11.8. The number of nitrogens with zero attached hydrogens (tertiary/aromatic N) is 1. The van der Waals surface area contributed by atoms with Crippen molar-refractivity contribution in [2.45, 2.75) is 13.5 Å². The van der Waals surface area contributed by atoms with Crippen molar-refractivity contribution in [2.75, 3.05) is 5.73 Å². The number of hydrogen-bond acceptors (Lipinski definition) is 5. The summed E-state index contributed by atoms with van der Waals surface area (Å²) in [6.07, 6.45) is 0. The van der Waals surface area contributed by atoms with Gasteiger partial charge in [0.05, 0.1) is 5.56 Å². The van der Waals surface area contributed by atoms with Crippen molar-refractivity contribution in [1.29, 1.82) is 0 Å². The van der Waals surface area contributed by atoms with Crippen LogP contribution in [0.4, 0.5) is 5.69 Å². The Labute approximate surface area is 113 Å². The van der Waals surface area contributed by atoms with Crippen LogP contribution in [-0.2, 0) is 11.3 Å². The maximum atomic E-state index is 11.8. The number of aryl methyl sites for hydroxylation is 1. The average molecular weight is 283 g/mol. The molecule has 18 heavy (non-hydrogen) atoms. The molecule has 4 nitrogen and oxygen atoms in total. The molecule has 94 valence electrons. The average Bonchev–Trinajstić information content (AvgIpc) is 2.70. The second kappa shape index (κ2) is 5.37. The van der Waals surface area contributed by atoms with Crippen molar-refractivity contribution < 1.29 is 9.53 Å². The quantitative estimate of drug-likeness (QED) is 0.694. The van der Waals surface area contributed by atoms with E-state index in [4.69, 9.17) is 22.1 Å². The summed E-state index contributed by atoms with van der Waals surface area (Å²) < 4.78 is 5.13. The summed E-state index contributed by atoms with van der Waals surface area (Å²) in [5.74, 6) is -0.461. The van der Waals surface area contributed by atoms with E-state index in [1.54, 1.807) is 6.07 Å². The summed E-state index contributed by atoms with van der Waals surface area (Å²) in [6, 6.07) is 4.62. The highest BCUT2D eigenvalue weighted by atomic mass is 35.5. The molecule has 6 heteroatoms. The summed E-state index contributed by atoms with van der Waals surface area (Å²) in [4.78, 5) is 16.0. The lowest BCUT2D eigenvalue weighted by Gasteiger charge is -2.04. The van der Waals surface area contributed by atoms with Gasteiger partial charge in [0, 0.05) is 21.8 Å². The van der Waals surface area contributed by atoms with Gasteiger partial charge in [-0.3, -0.25) is 0 Å². The number of thiazole rings is 1. The van der Waals surface area contributed by atoms with Crippen molar-refractivity contribution in [3.63, 3.8) is 0 Å². The predicted octanol–water partition coefficient (Wildman–Crippen LogP) is 3.04. The van der Waals surface area contributed by atoms with Crippen LogP contribution in [0.25, 0.3) is 0 Å². The predicted molar refractivity (Wildman–Crippen MR) is 71.8 cm³/mol. The largest absolute Gasteiger partial charge is 0.455 e. The summed E-state index contributed by atoms with van der Waals surface area (Å²) in [5, 5.41) is 3.07. The fourth-order valence-corrected chi connectivity index (χ4v) is 2.34. The van der Waals surface area contributed by atoms with E-state index < -0.39 is 5.97 Å². The van der Waals surface area contributed by atoms with Crippen LogP contribution >= 0.6 is 22.9 Å². The van der Waals surface area contributed by atoms with Gasteiger partial charge in [-0.05, 0) is 25.1 Å². The highest BCUT2D eigenvalue weighted by Crippen LogP contribution is 2.18. The Balaban J connectivity index is 2.03. The molecule has 0 bridgehead atoms.